The second-order valence-electron chi connectivity index (χ2n) is 10.8. The van der Waals surface area contributed by atoms with Gasteiger partial charge in [0.2, 0.25) is 11.0 Å². The van der Waals surface area contributed by atoms with E-state index in [9.17, 15) is 9.59 Å². The molecule has 4 heterocycles. The van der Waals surface area contributed by atoms with E-state index in [1.54, 1.807) is 30.7 Å². The smallest absolute Gasteiger partial charge is 0.253 e. The van der Waals surface area contributed by atoms with E-state index < -0.39 is 5.41 Å². The summed E-state index contributed by atoms with van der Waals surface area (Å²) in [5, 5.41) is 13.8. The standard InChI is InChI=1S/C28H31ClN6O3S/c1-16-22(10-19(29)12-30-16)25(36)31-20-6-4-18(5-7-20)13-35-24-9-8-21(38-3)11-23(24)28(26(35)37)14-34(15-28)27-33-32-17(2)39-27/h8-12,18,20H,4-7,13-15H2,1-3H3,(H,31,36)/t18-,20-. The fourth-order valence-corrected chi connectivity index (χ4v) is 6.98. The Morgan fingerprint density at radius 3 is 2.64 bits per heavy atom. The number of aromatic nitrogens is 3. The summed E-state index contributed by atoms with van der Waals surface area (Å²) in [7, 11) is 1.65. The summed E-state index contributed by atoms with van der Waals surface area (Å²) in [5.41, 5.74) is 2.61. The molecule has 3 aromatic rings. The van der Waals surface area contributed by atoms with Gasteiger partial charge in [-0.25, -0.2) is 0 Å². The third-order valence-electron chi connectivity index (χ3n) is 8.29. The van der Waals surface area contributed by atoms with E-state index in [1.165, 1.54) is 0 Å². The number of pyridine rings is 1. The molecule has 2 aromatic heterocycles. The van der Waals surface area contributed by atoms with Crippen molar-refractivity contribution in [2.24, 2.45) is 5.92 Å². The molecule has 1 saturated carbocycles. The molecule has 3 aliphatic rings. The minimum absolute atomic E-state index is 0.0971. The summed E-state index contributed by atoms with van der Waals surface area (Å²) in [6, 6.07) is 7.74. The topological polar surface area (TPSA) is 101 Å². The average Bonchev–Trinajstić information content (AvgIpc) is 3.43. The molecule has 1 aromatic carbocycles. The van der Waals surface area contributed by atoms with Crippen LogP contribution in [0.5, 0.6) is 5.75 Å². The first-order chi connectivity index (χ1) is 18.8. The van der Waals surface area contributed by atoms with Gasteiger partial charge >= 0.3 is 0 Å². The molecule has 2 amide bonds. The lowest BCUT2D eigenvalue weighted by Crippen LogP contribution is -2.64. The Hall–Kier alpha value is -3.24. The predicted octanol–water partition coefficient (Wildman–Crippen LogP) is 4.31. The SMILES string of the molecule is COc1ccc2c(c1)C1(CN(c3nnc(C)s3)C1)C(=O)N2C[C@H]1CC[C@H](NC(=O)c2cc(Cl)cnc2C)CC1. The molecule has 2 fully saturated rings. The molecule has 1 spiro atoms. The van der Waals surface area contributed by atoms with Crippen LogP contribution in [-0.4, -0.2) is 59.8 Å². The number of amides is 2. The van der Waals surface area contributed by atoms with E-state index in [2.05, 4.69) is 25.4 Å². The van der Waals surface area contributed by atoms with E-state index in [4.69, 9.17) is 16.3 Å². The van der Waals surface area contributed by atoms with Crippen molar-refractivity contribution in [2.75, 3.05) is 36.5 Å². The van der Waals surface area contributed by atoms with E-state index in [0.717, 1.165) is 52.8 Å². The minimum atomic E-state index is -0.586. The number of aryl methyl sites for hydroxylation is 2. The molecule has 1 N–H and O–H groups in total. The fraction of sp³-hybridized carbons (Fsp3) is 0.464. The van der Waals surface area contributed by atoms with Crippen LogP contribution in [0.3, 0.4) is 0 Å². The number of rotatable bonds is 6. The molecule has 11 heteroatoms. The zero-order valence-electron chi connectivity index (χ0n) is 22.2. The number of anilines is 2. The van der Waals surface area contributed by atoms with E-state index in [-0.39, 0.29) is 17.9 Å². The summed E-state index contributed by atoms with van der Waals surface area (Å²) < 4.78 is 5.52. The normalized spacial score (nSPS) is 21.6. The quantitative estimate of drug-likeness (QED) is 0.474. The van der Waals surface area contributed by atoms with Gasteiger partial charge in [0.1, 0.15) is 16.2 Å². The van der Waals surface area contributed by atoms with Gasteiger partial charge in [-0.05, 0) is 75.3 Å². The second-order valence-corrected chi connectivity index (χ2v) is 12.4. The van der Waals surface area contributed by atoms with Gasteiger partial charge in [-0.1, -0.05) is 22.9 Å². The molecule has 204 valence electrons. The van der Waals surface area contributed by atoms with Crippen LogP contribution in [0.4, 0.5) is 10.8 Å². The highest BCUT2D eigenvalue weighted by molar-refractivity contribution is 7.15. The molecule has 6 rings (SSSR count). The number of hydrogen-bond donors (Lipinski definition) is 1. The van der Waals surface area contributed by atoms with Crippen LogP contribution in [0.1, 0.15) is 52.3 Å². The van der Waals surface area contributed by atoms with Gasteiger partial charge in [0, 0.05) is 37.6 Å². The lowest BCUT2D eigenvalue weighted by Gasteiger charge is -2.46. The molecule has 2 aliphatic heterocycles. The molecule has 0 radical (unpaired) electrons. The van der Waals surface area contributed by atoms with Crippen LogP contribution in [0, 0.1) is 19.8 Å². The van der Waals surface area contributed by atoms with Crippen LogP contribution in [0.2, 0.25) is 5.02 Å². The number of nitrogens with one attached hydrogen (secondary N) is 1. The largest absolute Gasteiger partial charge is 0.497 e. The minimum Gasteiger partial charge on any atom is -0.497 e. The number of nitrogens with zero attached hydrogens (tertiary/aromatic N) is 5. The number of carbonyl (C=O) groups excluding carboxylic acids is 2. The Morgan fingerprint density at radius 2 is 1.95 bits per heavy atom. The lowest BCUT2D eigenvalue weighted by molar-refractivity contribution is -0.124. The second kappa shape index (κ2) is 10.1. The molecule has 1 saturated heterocycles. The summed E-state index contributed by atoms with van der Waals surface area (Å²) in [6.07, 6.45) is 5.17. The molecule has 0 unspecified atom stereocenters. The molecule has 0 bridgehead atoms. The van der Waals surface area contributed by atoms with Crippen molar-refractivity contribution in [3.8, 4) is 5.75 Å². The molecule has 9 nitrogen and oxygen atoms in total. The average molecular weight is 567 g/mol. The first-order valence-electron chi connectivity index (χ1n) is 13.3. The maximum absolute atomic E-state index is 14.0. The maximum Gasteiger partial charge on any atom is 0.253 e. The molecular weight excluding hydrogens is 536 g/mol. The highest BCUT2D eigenvalue weighted by atomic mass is 35.5. The van der Waals surface area contributed by atoms with Gasteiger partial charge in [-0.15, -0.1) is 10.2 Å². The van der Waals surface area contributed by atoms with E-state index >= 15 is 0 Å². The van der Waals surface area contributed by atoms with Crippen molar-refractivity contribution < 1.29 is 14.3 Å². The molecule has 39 heavy (non-hydrogen) atoms. The van der Waals surface area contributed by atoms with Gasteiger partial charge in [0.05, 0.1) is 23.4 Å². The monoisotopic (exact) mass is 566 g/mol. The fourth-order valence-electron chi connectivity index (χ4n) is 6.13. The first-order valence-corrected chi connectivity index (χ1v) is 14.5. The van der Waals surface area contributed by atoms with Gasteiger partial charge in [0.25, 0.3) is 5.91 Å². The van der Waals surface area contributed by atoms with Crippen molar-refractivity contribution in [2.45, 2.75) is 51.0 Å². The zero-order valence-corrected chi connectivity index (χ0v) is 23.8. The predicted molar refractivity (Wildman–Crippen MR) is 151 cm³/mol. The van der Waals surface area contributed by atoms with Crippen molar-refractivity contribution in [3.63, 3.8) is 0 Å². The van der Waals surface area contributed by atoms with Crippen molar-refractivity contribution in [1.82, 2.24) is 20.5 Å². The van der Waals surface area contributed by atoms with Crippen LogP contribution >= 0.6 is 22.9 Å². The van der Waals surface area contributed by atoms with E-state index in [1.807, 2.05) is 36.9 Å². The van der Waals surface area contributed by atoms with Crippen molar-refractivity contribution in [1.29, 1.82) is 0 Å². The summed E-state index contributed by atoms with van der Waals surface area (Å²) in [4.78, 5) is 35.2. The number of benzene rings is 1. The third kappa shape index (κ3) is 4.63. The molecular formula is C28H31ClN6O3S. The number of methoxy groups -OCH3 is 1. The highest BCUT2D eigenvalue weighted by Crippen LogP contribution is 2.50. The lowest BCUT2D eigenvalue weighted by atomic mass is 9.75. The summed E-state index contributed by atoms with van der Waals surface area (Å²) in [5.74, 6) is 1.14. The third-order valence-corrected chi connectivity index (χ3v) is 9.40. The van der Waals surface area contributed by atoms with Crippen molar-refractivity contribution >= 4 is 45.6 Å². The summed E-state index contributed by atoms with van der Waals surface area (Å²) >= 11 is 7.61. The Bertz CT molecular complexity index is 1430. The van der Waals surface area contributed by atoms with Gasteiger partial charge in [-0.2, -0.15) is 0 Å². The Kier molecular flexibility index (Phi) is 6.71. The van der Waals surface area contributed by atoms with Crippen LogP contribution in [0.15, 0.2) is 30.5 Å². The number of hydrogen-bond acceptors (Lipinski definition) is 8. The Balaban J connectivity index is 1.13. The number of fused-ring (bicyclic) bond motifs is 2. The summed E-state index contributed by atoms with van der Waals surface area (Å²) in [6.45, 7) is 5.61. The van der Waals surface area contributed by atoms with Crippen LogP contribution < -0.4 is 19.9 Å². The van der Waals surface area contributed by atoms with Gasteiger partial charge in [0.15, 0.2) is 0 Å². The number of ether oxygens (including phenoxy) is 1. The first kappa shape index (κ1) is 26.0. The van der Waals surface area contributed by atoms with Crippen LogP contribution in [0.25, 0.3) is 0 Å². The van der Waals surface area contributed by atoms with Gasteiger partial charge < -0.3 is 19.9 Å². The molecule has 1 aliphatic carbocycles. The van der Waals surface area contributed by atoms with Crippen molar-refractivity contribution in [3.05, 3.63) is 57.3 Å². The van der Waals surface area contributed by atoms with E-state index in [0.29, 0.717) is 41.8 Å². The Labute approximate surface area is 236 Å². The highest BCUT2D eigenvalue weighted by Gasteiger charge is 2.59. The Morgan fingerprint density at radius 1 is 1.18 bits per heavy atom. The maximum atomic E-state index is 14.0. The zero-order chi connectivity index (χ0) is 27.3. The number of halogens is 1. The van der Waals surface area contributed by atoms with Crippen LogP contribution in [-0.2, 0) is 10.2 Å². The van der Waals surface area contributed by atoms with Gasteiger partial charge in [-0.3, -0.25) is 14.6 Å². The molecule has 0 atom stereocenters. The number of carbonyl (C=O) groups is 2.